The summed E-state index contributed by atoms with van der Waals surface area (Å²) < 4.78 is 16.0. The van der Waals surface area contributed by atoms with E-state index in [1.54, 1.807) is 7.11 Å². The lowest BCUT2D eigenvalue weighted by Gasteiger charge is -2.20. The van der Waals surface area contributed by atoms with Crippen LogP contribution >= 0.6 is 0 Å². The van der Waals surface area contributed by atoms with Crippen molar-refractivity contribution in [2.45, 2.75) is 19.3 Å². The predicted molar refractivity (Wildman–Crippen MR) is 56.1 cm³/mol. The molecule has 3 rings (SSSR count). The Kier molecular flexibility index (Phi) is 2.02. The molecule has 2 aliphatic heterocycles. The number of carbonyl (C=O) groups is 1. The molecule has 0 atom stereocenters. The molecular weight excluding hydrogens is 208 g/mol. The van der Waals surface area contributed by atoms with Crippen LogP contribution in [-0.4, -0.2) is 19.7 Å². The number of aryl methyl sites for hydroxylation is 1. The van der Waals surface area contributed by atoms with Crippen molar-refractivity contribution in [3.63, 3.8) is 0 Å². The van der Waals surface area contributed by atoms with Crippen molar-refractivity contribution in [2.75, 3.05) is 13.7 Å². The molecule has 16 heavy (non-hydrogen) atoms. The molecule has 1 aromatic rings. The summed E-state index contributed by atoms with van der Waals surface area (Å²) in [5, 5.41) is 0. The zero-order chi connectivity index (χ0) is 11.1. The van der Waals surface area contributed by atoms with Crippen LogP contribution in [0.15, 0.2) is 6.07 Å². The third kappa shape index (κ3) is 1.26. The Balaban J connectivity index is 2.19. The van der Waals surface area contributed by atoms with E-state index >= 15 is 0 Å². The van der Waals surface area contributed by atoms with E-state index in [0.717, 1.165) is 29.7 Å². The van der Waals surface area contributed by atoms with Crippen molar-refractivity contribution in [1.82, 2.24) is 0 Å². The highest BCUT2D eigenvalue weighted by Crippen LogP contribution is 2.46. The predicted octanol–water partition coefficient (Wildman–Crippen LogP) is 1.48. The Labute approximate surface area is 93.1 Å². The first kappa shape index (κ1) is 9.51. The third-order valence-electron chi connectivity index (χ3n) is 2.98. The van der Waals surface area contributed by atoms with E-state index in [-0.39, 0.29) is 5.97 Å². The van der Waals surface area contributed by atoms with Crippen LogP contribution in [0.5, 0.6) is 17.2 Å². The minimum absolute atomic E-state index is 0.205. The number of hydrogen-bond donors (Lipinski definition) is 0. The number of carbonyl (C=O) groups excluding carboxylic acids is 1. The highest BCUT2D eigenvalue weighted by molar-refractivity contribution is 5.78. The molecule has 0 amide bonds. The molecule has 2 aliphatic rings. The number of ether oxygens (including phenoxy) is 3. The van der Waals surface area contributed by atoms with Gasteiger partial charge in [0.1, 0.15) is 0 Å². The maximum atomic E-state index is 11.3. The van der Waals surface area contributed by atoms with Gasteiger partial charge in [0.15, 0.2) is 11.5 Å². The lowest BCUT2D eigenvalue weighted by molar-refractivity contribution is -0.135. The van der Waals surface area contributed by atoms with E-state index in [0.29, 0.717) is 24.5 Å². The number of fused-ring (bicyclic) bond motifs is 2. The average Bonchev–Trinajstić information content (AvgIpc) is 2.73. The molecule has 0 bridgehead atoms. The number of benzene rings is 1. The zero-order valence-corrected chi connectivity index (χ0v) is 9.04. The summed E-state index contributed by atoms with van der Waals surface area (Å²) in [6.45, 7) is 0.669. The highest BCUT2D eigenvalue weighted by atomic mass is 16.6. The zero-order valence-electron chi connectivity index (χ0n) is 9.04. The molecule has 0 radical (unpaired) electrons. The fraction of sp³-hybridized carbons (Fsp3) is 0.417. The van der Waals surface area contributed by atoms with E-state index in [9.17, 15) is 4.79 Å². The van der Waals surface area contributed by atoms with Gasteiger partial charge in [0, 0.05) is 12.0 Å². The Hall–Kier alpha value is -1.71. The van der Waals surface area contributed by atoms with Gasteiger partial charge in [-0.1, -0.05) is 0 Å². The molecule has 4 nitrogen and oxygen atoms in total. The van der Waals surface area contributed by atoms with E-state index in [1.807, 2.05) is 0 Å². The van der Waals surface area contributed by atoms with E-state index in [4.69, 9.17) is 14.2 Å². The Bertz CT molecular complexity index is 465. The molecule has 0 aromatic heterocycles. The molecule has 0 N–H and O–H groups in total. The van der Waals surface area contributed by atoms with Crippen LogP contribution in [0, 0.1) is 0 Å². The Morgan fingerprint density at radius 2 is 2.00 bits per heavy atom. The van der Waals surface area contributed by atoms with Crippen molar-refractivity contribution in [1.29, 1.82) is 0 Å². The first-order valence-electron chi connectivity index (χ1n) is 5.36. The monoisotopic (exact) mass is 220 g/mol. The van der Waals surface area contributed by atoms with E-state index < -0.39 is 0 Å². The number of rotatable bonds is 1. The van der Waals surface area contributed by atoms with E-state index in [1.165, 1.54) is 0 Å². The molecule has 0 saturated carbocycles. The van der Waals surface area contributed by atoms with Crippen molar-refractivity contribution in [3.05, 3.63) is 17.2 Å². The lowest BCUT2D eigenvalue weighted by atomic mass is 10.0. The minimum Gasteiger partial charge on any atom is -0.490 e. The summed E-state index contributed by atoms with van der Waals surface area (Å²) in [6, 6.07) is 2.06. The smallest absolute Gasteiger partial charge is 0.311 e. The Morgan fingerprint density at radius 1 is 1.19 bits per heavy atom. The summed E-state index contributed by atoms with van der Waals surface area (Å²) in [4.78, 5) is 11.3. The van der Waals surface area contributed by atoms with Gasteiger partial charge in [0.25, 0.3) is 0 Å². The molecule has 2 heterocycles. The van der Waals surface area contributed by atoms with Crippen molar-refractivity contribution >= 4 is 5.97 Å². The second-order valence-electron chi connectivity index (χ2n) is 3.96. The molecule has 4 heteroatoms. The van der Waals surface area contributed by atoms with Gasteiger partial charge in [-0.3, -0.25) is 4.79 Å². The summed E-state index contributed by atoms with van der Waals surface area (Å²) >= 11 is 0. The summed E-state index contributed by atoms with van der Waals surface area (Å²) in [7, 11) is 1.57. The number of esters is 1. The average molecular weight is 220 g/mol. The highest BCUT2D eigenvalue weighted by Gasteiger charge is 2.28. The maximum absolute atomic E-state index is 11.3. The standard InChI is InChI=1S/C12H12O4/c1-14-12-10-8(4-5-15-10)6-7-2-3-9(13)16-11(7)12/h6H,2-5H2,1H3. The molecule has 0 saturated heterocycles. The molecule has 0 unspecified atom stereocenters. The van der Waals surface area contributed by atoms with Gasteiger partial charge in [-0.2, -0.15) is 0 Å². The molecule has 0 spiro atoms. The topological polar surface area (TPSA) is 44.8 Å². The maximum Gasteiger partial charge on any atom is 0.311 e. The van der Waals surface area contributed by atoms with Gasteiger partial charge in [-0.15, -0.1) is 0 Å². The summed E-state index contributed by atoms with van der Waals surface area (Å²) in [6.07, 6.45) is 2.06. The van der Waals surface area contributed by atoms with Crippen LogP contribution in [0.25, 0.3) is 0 Å². The van der Waals surface area contributed by atoms with Gasteiger partial charge in [0.05, 0.1) is 20.1 Å². The summed E-state index contributed by atoms with van der Waals surface area (Å²) in [5.41, 5.74) is 2.19. The van der Waals surface area contributed by atoms with Crippen molar-refractivity contribution < 1.29 is 19.0 Å². The first-order chi connectivity index (χ1) is 7.79. The van der Waals surface area contributed by atoms with Crippen LogP contribution in [0.2, 0.25) is 0 Å². The fourth-order valence-electron chi connectivity index (χ4n) is 2.23. The fourth-order valence-corrected chi connectivity index (χ4v) is 2.23. The number of methoxy groups -OCH3 is 1. The molecule has 1 aromatic carbocycles. The number of hydrogen-bond acceptors (Lipinski definition) is 4. The first-order valence-corrected chi connectivity index (χ1v) is 5.36. The van der Waals surface area contributed by atoms with Crippen LogP contribution in [0.4, 0.5) is 0 Å². The minimum atomic E-state index is -0.205. The second-order valence-corrected chi connectivity index (χ2v) is 3.96. The largest absolute Gasteiger partial charge is 0.490 e. The molecule has 0 aliphatic carbocycles. The van der Waals surface area contributed by atoms with Crippen LogP contribution < -0.4 is 14.2 Å². The lowest BCUT2D eigenvalue weighted by Crippen LogP contribution is -2.16. The van der Waals surface area contributed by atoms with Crippen LogP contribution in [0.1, 0.15) is 17.5 Å². The van der Waals surface area contributed by atoms with Gasteiger partial charge < -0.3 is 14.2 Å². The third-order valence-corrected chi connectivity index (χ3v) is 2.98. The SMILES string of the molecule is COc1c2c(cc3c1OC(=O)CC3)CCO2. The van der Waals surface area contributed by atoms with Gasteiger partial charge in [-0.25, -0.2) is 0 Å². The molecular formula is C12H12O4. The van der Waals surface area contributed by atoms with Gasteiger partial charge in [0.2, 0.25) is 5.75 Å². The quantitative estimate of drug-likeness (QED) is 0.531. The van der Waals surface area contributed by atoms with Crippen molar-refractivity contribution in [3.8, 4) is 17.2 Å². The molecule has 84 valence electrons. The Morgan fingerprint density at radius 3 is 2.81 bits per heavy atom. The molecule has 0 fully saturated rings. The van der Waals surface area contributed by atoms with E-state index in [2.05, 4.69) is 6.07 Å². The summed E-state index contributed by atoms with van der Waals surface area (Å²) in [5.74, 6) is 1.64. The van der Waals surface area contributed by atoms with Crippen LogP contribution in [-0.2, 0) is 17.6 Å². The normalized spacial score (nSPS) is 17.2. The van der Waals surface area contributed by atoms with Gasteiger partial charge >= 0.3 is 5.97 Å². The second kappa shape index (κ2) is 3.40. The van der Waals surface area contributed by atoms with Gasteiger partial charge in [-0.05, 0) is 18.1 Å². The van der Waals surface area contributed by atoms with Crippen molar-refractivity contribution in [2.24, 2.45) is 0 Å². The van der Waals surface area contributed by atoms with Crippen LogP contribution in [0.3, 0.4) is 0 Å².